The molecule has 9 rings (SSSR count). The molecule has 0 fully saturated rings. The van der Waals surface area contributed by atoms with Crippen molar-refractivity contribution in [1.82, 2.24) is 9.55 Å². The molecule has 0 bridgehead atoms. The first-order valence-corrected chi connectivity index (χ1v) is 19.3. The van der Waals surface area contributed by atoms with Crippen molar-refractivity contribution >= 4 is 44.6 Å². The molecule has 3 heterocycles. The Hall–Kier alpha value is -6.47. The SMILES string of the molecule is CC(C)(C)c1cc(Oc2ccc3c4ccccc4n(-c4cc(C(C)(C)C)ccn4)c3c2)cc(N2CN(c3ccccc3-c3cc(F)cc(F)c3)c3ccccc32)c1. The van der Waals surface area contributed by atoms with Crippen LogP contribution in [-0.4, -0.2) is 16.2 Å². The minimum Gasteiger partial charge on any atom is -0.457 e. The molecule has 7 heteroatoms. The van der Waals surface area contributed by atoms with Crippen LogP contribution in [0.5, 0.6) is 11.5 Å². The van der Waals surface area contributed by atoms with Crippen molar-refractivity contribution < 1.29 is 13.5 Å². The largest absolute Gasteiger partial charge is 0.457 e. The first-order chi connectivity index (χ1) is 27.3. The maximum Gasteiger partial charge on any atom is 0.137 e. The summed E-state index contributed by atoms with van der Waals surface area (Å²) in [5, 5.41) is 2.28. The van der Waals surface area contributed by atoms with Gasteiger partial charge in [0.25, 0.3) is 0 Å². The van der Waals surface area contributed by atoms with Gasteiger partial charge in [0, 0.05) is 46.4 Å². The van der Waals surface area contributed by atoms with E-state index in [1.54, 1.807) is 0 Å². The Labute approximate surface area is 332 Å². The van der Waals surface area contributed by atoms with Gasteiger partial charge >= 0.3 is 0 Å². The molecule has 0 unspecified atom stereocenters. The first-order valence-electron chi connectivity index (χ1n) is 19.3. The van der Waals surface area contributed by atoms with Gasteiger partial charge in [0.2, 0.25) is 0 Å². The summed E-state index contributed by atoms with van der Waals surface area (Å²) in [7, 11) is 0. The predicted octanol–water partition coefficient (Wildman–Crippen LogP) is 13.8. The average Bonchev–Trinajstić information content (AvgIpc) is 3.73. The van der Waals surface area contributed by atoms with Crippen molar-refractivity contribution in [2.75, 3.05) is 16.5 Å². The Morgan fingerprint density at radius 2 is 1.19 bits per heavy atom. The van der Waals surface area contributed by atoms with Gasteiger partial charge < -0.3 is 14.5 Å². The van der Waals surface area contributed by atoms with Crippen LogP contribution in [0.4, 0.5) is 31.5 Å². The summed E-state index contributed by atoms with van der Waals surface area (Å²) in [5.41, 5.74) is 9.29. The number of para-hydroxylation sites is 4. The molecule has 0 amide bonds. The van der Waals surface area contributed by atoms with Crippen LogP contribution in [0.25, 0.3) is 38.8 Å². The zero-order valence-electron chi connectivity index (χ0n) is 33.0. The van der Waals surface area contributed by atoms with Crippen LogP contribution in [0.3, 0.4) is 0 Å². The molecular weight excluding hydrogens is 711 g/mol. The summed E-state index contributed by atoms with van der Waals surface area (Å²) in [6, 6.07) is 45.2. The second-order valence-electron chi connectivity index (χ2n) is 16.9. The van der Waals surface area contributed by atoms with Gasteiger partial charge in [-0.25, -0.2) is 13.8 Å². The van der Waals surface area contributed by atoms with Gasteiger partial charge in [-0.1, -0.05) is 90.1 Å². The fourth-order valence-corrected chi connectivity index (χ4v) is 7.94. The molecule has 0 aliphatic carbocycles. The van der Waals surface area contributed by atoms with Gasteiger partial charge in [-0.3, -0.25) is 4.57 Å². The molecule has 284 valence electrons. The Morgan fingerprint density at radius 1 is 0.544 bits per heavy atom. The quantitative estimate of drug-likeness (QED) is 0.169. The van der Waals surface area contributed by atoms with Gasteiger partial charge in [-0.15, -0.1) is 0 Å². The smallest absolute Gasteiger partial charge is 0.137 e. The van der Waals surface area contributed by atoms with Crippen molar-refractivity contribution in [3.8, 4) is 28.4 Å². The van der Waals surface area contributed by atoms with E-state index in [2.05, 4.69) is 135 Å². The number of aromatic nitrogens is 2. The van der Waals surface area contributed by atoms with Crippen molar-refractivity contribution in [3.05, 3.63) is 168 Å². The van der Waals surface area contributed by atoms with Gasteiger partial charge in [0.1, 0.15) is 35.6 Å². The number of pyridine rings is 1. The molecule has 6 aromatic carbocycles. The molecule has 0 spiro atoms. The number of anilines is 4. The Kier molecular flexibility index (Phi) is 8.65. The molecule has 0 atom stereocenters. The van der Waals surface area contributed by atoms with Crippen molar-refractivity contribution in [3.63, 3.8) is 0 Å². The van der Waals surface area contributed by atoms with E-state index in [4.69, 9.17) is 9.72 Å². The van der Waals surface area contributed by atoms with Crippen LogP contribution in [-0.2, 0) is 10.8 Å². The average molecular weight is 755 g/mol. The Morgan fingerprint density at radius 3 is 1.93 bits per heavy atom. The summed E-state index contributed by atoms with van der Waals surface area (Å²) >= 11 is 0. The van der Waals surface area contributed by atoms with Gasteiger partial charge in [-0.05, 0) is 100 Å². The lowest BCUT2D eigenvalue weighted by atomic mass is 9.86. The number of benzene rings is 6. The molecule has 57 heavy (non-hydrogen) atoms. The fraction of sp³-hybridized carbons (Fsp3) is 0.180. The van der Waals surface area contributed by atoms with Crippen LogP contribution >= 0.6 is 0 Å². The lowest BCUT2D eigenvalue weighted by Crippen LogP contribution is -2.25. The van der Waals surface area contributed by atoms with E-state index in [9.17, 15) is 8.78 Å². The number of halogens is 2. The minimum atomic E-state index is -0.609. The van der Waals surface area contributed by atoms with E-state index in [1.165, 1.54) is 17.7 Å². The second-order valence-corrected chi connectivity index (χ2v) is 16.9. The number of hydrogen-bond donors (Lipinski definition) is 0. The molecule has 2 aromatic heterocycles. The third-order valence-electron chi connectivity index (χ3n) is 10.9. The lowest BCUT2D eigenvalue weighted by Gasteiger charge is -2.27. The first kappa shape index (κ1) is 36.2. The maximum absolute atomic E-state index is 14.5. The monoisotopic (exact) mass is 754 g/mol. The van der Waals surface area contributed by atoms with Gasteiger partial charge in [0.15, 0.2) is 0 Å². The maximum atomic E-state index is 14.5. The highest BCUT2D eigenvalue weighted by Gasteiger charge is 2.31. The molecule has 5 nitrogen and oxygen atoms in total. The van der Waals surface area contributed by atoms with Crippen LogP contribution in [0.2, 0.25) is 0 Å². The van der Waals surface area contributed by atoms with Crippen LogP contribution in [0.15, 0.2) is 146 Å². The molecule has 1 aliphatic rings. The summed E-state index contributed by atoms with van der Waals surface area (Å²) in [6.07, 6.45) is 1.90. The van der Waals surface area contributed by atoms with E-state index in [-0.39, 0.29) is 10.8 Å². The molecule has 0 saturated carbocycles. The standard InChI is InChI=1S/C50H44F2N4O/c1-49(2,3)33-21-22-53-48(27-33)56-44-16-10-8-14-41(44)42-20-19-38(30-47(42)56)57-39-26-34(50(4,5)6)25-37(29-39)54-31-55(46-18-12-11-17-45(46)54)43-15-9-7-13-40(43)32-23-35(51)28-36(52)24-32/h7-30H,31H2,1-6H3. The molecule has 1 aliphatic heterocycles. The fourth-order valence-electron chi connectivity index (χ4n) is 7.94. The number of ether oxygens (including phenoxy) is 1. The normalized spacial score (nSPS) is 13.1. The van der Waals surface area contributed by atoms with E-state index in [0.29, 0.717) is 12.2 Å². The zero-order valence-corrected chi connectivity index (χ0v) is 33.0. The summed E-state index contributed by atoms with van der Waals surface area (Å²) < 4.78 is 38.0. The molecule has 8 aromatic rings. The highest BCUT2D eigenvalue weighted by Crippen LogP contribution is 2.48. The highest BCUT2D eigenvalue weighted by atomic mass is 19.1. The lowest BCUT2D eigenvalue weighted by molar-refractivity contribution is 0.479. The summed E-state index contributed by atoms with van der Waals surface area (Å²) in [4.78, 5) is 9.33. The third kappa shape index (κ3) is 6.67. The zero-order chi connectivity index (χ0) is 39.6. The van der Waals surface area contributed by atoms with Crippen molar-refractivity contribution in [1.29, 1.82) is 0 Å². The van der Waals surface area contributed by atoms with Crippen molar-refractivity contribution in [2.24, 2.45) is 0 Å². The minimum absolute atomic E-state index is 0.0303. The van der Waals surface area contributed by atoms with Gasteiger partial charge in [0.05, 0.1) is 28.1 Å². The number of hydrogen-bond acceptors (Lipinski definition) is 4. The molecule has 0 radical (unpaired) electrons. The van der Waals surface area contributed by atoms with Crippen LogP contribution < -0.4 is 14.5 Å². The van der Waals surface area contributed by atoms with Crippen LogP contribution in [0, 0.1) is 11.6 Å². The topological polar surface area (TPSA) is 33.5 Å². The Balaban J connectivity index is 1.13. The molecular formula is C50H44F2N4O. The van der Waals surface area contributed by atoms with Crippen LogP contribution in [0.1, 0.15) is 52.7 Å². The van der Waals surface area contributed by atoms with E-state index >= 15 is 0 Å². The second kappa shape index (κ2) is 13.6. The number of fused-ring (bicyclic) bond motifs is 4. The van der Waals surface area contributed by atoms with Crippen molar-refractivity contribution in [2.45, 2.75) is 52.4 Å². The number of rotatable bonds is 6. The highest BCUT2D eigenvalue weighted by molar-refractivity contribution is 6.09. The van der Waals surface area contributed by atoms with E-state index in [1.807, 2.05) is 48.7 Å². The molecule has 0 N–H and O–H groups in total. The third-order valence-corrected chi connectivity index (χ3v) is 10.9. The van der Waals surface area contributed by atoms with E-state index < -0.39 is 11.6 Å². The summed E-state index contributed by atoms with van der Waals surface area (Å²) in [5.74, 6) is 1.09. The summed E-state index contributed by atoms with van der Waals surface area (Å²) in [6.45, 7) is 13.8. The predicted molar refractivity (Wildman–Crippen MR) is 230 cm³/mol. The number of nitrogens with zero attached hydrogens (tertiary/aromatic N) is 4. The van der Waals surface area contributed by atoms with E-state index in [0.717, 1.165) is 79.1 Å². The van der Waals surface area contributed by atoms with Gasteiger partial charge in [-0.2, -0.15) is 0 Å². The molecule has 0 saturated heterocycles. The Bertz CT molecular complexity index is 2810.